The first-order valence-corrected chi connectivity index (χ1v) is 9.27. The number of aromatic hydroxyl groups is 1. The number of ether oxygens (including phenoxy) is 4. The Kier molecular flexibility index (Phi) is 7.86. The van der Waals surface area contributed by atoms with Gasteiger partial charge in [0.2, 0.25) is 5.88 Å². The SMILES string of the molecule is COC(=O)c1c(/C=C/c2cc(OC)cc(OC)n2)cc(OC)c(CC=C(C)C)c1O. The molecule has 0 bridgehead atoms. The second-order valence-electron chi connectivity index (χ2n) is 6.65. The lowest BCUT2D eigenvalue weighted by atomic mass is 9.97. The Hall–Kier alpha value is -3.48. The van der Waals surface area contributed by atoms with Crippen molar-refractivity contribution in [3.8, 4) is 23.1 Å². The number of hydrogen-bond donors (Lipinski definition) is 1. The highest BCUT2D eigenvalue weighted by atomic mass is 16.5. The van der Waals surface area contributed by atoms with Crippen LogP contribution in [-0.2, 0) is 11.2 Å². The third kappa shape index (κ3) is 5.31. The Morgan fingerprint density at radius 2 is 1.77 bits per heavy atom. The van der Waals surface area contributed by atoms with Gasteiger partial charge in [-0.1, -0.05) is 17.7 Å². The highest BCUT2D eigenvalue weighted by Gasteiger charge is 2.22. The van der Waals surface area contributed by atoms with Crippen LogP contribution < -0.4 is 14.2 Å². The molecule has 0 atom stereocenters. The van der Waals surface area contributed by atoms with E-state index < -0.39 is 5.97 Å². The number of allylic oxidation sites excluding steroid dienone is 2. The van der Waals surface area contributed by atoms with E-state index in [0.717, 1.165) is 5.57 Å². The Bertz CT molecular complexity index is 952. The molecule has 0 radical (unpaired) electrons. The molecule has 7 nitrogen and oxygen atoms in total. The minimum absolute atomic E-state index is 0.0570. The monoisotopic (exact) mass is 413 g/mol. The summed E-state index contributed by atoms with van der Waals surface area (Å²) in [6.07, 6.45) is 5.70. The molecule has 30 heavy (non-hydrogen) atoms. The average molecular weight is 413 g/mol. The number of carbonyl (C=O) groups is 1. The number of aromatic nitrogens is 1. The molecule has 0 fully saturated rings. The van der Waals surface area contributed by atoms with E-state index >= 15 is 0 Å². The molecular formula is C23H27NO6. The van der Waals surface area contributed by atoms with Crippen molar-refractivity contribution in [2.45, 2.75) is 20.3 Å². The molecule has 0 amide bonds. The van der Waals surface area contributed by atoms with Gasteiger partial charge >= 0.3 is 5.97 Å². The molecule has 160 valence electrons. The second-order valence-corrected chi connectivity index (χ2v) is 6.65. The van der Waals surface area contributed by atoms with Gasteiger partial charge in [-0.25, -0.2) is 9.78 Å². The smallest absolute Gasteiger partial charge is 0.342 e. The van der Waals surface area contributed by atoms with E-state index in [1.807, 2.05) is 19.9 Å². The van der Waals surface area contributed by atoms with Crippen LogP contribution in [0.4, 0.5) is 0 Å². The predicted molar refractivity (Wildman–Crippen MR) is 115 cm³/mol. The van der Waals surface area contributed by atoms with Crippen LogP contribution in [0.5, 0.6) is 23.1 Å². The quantitative estimate of drug-likeness (QED) is 0.510. The van der Waals surface area contributed by atoms with E-state index in [1.165, 1.54) is 21.3 Å². The number of benzene rings is 1. The van der Waals surface area contributed by atoms with Crippen LogP contribution in [0.3, 0.4) is 0 Å². The van der Waals surface area contributed by atoms with E-state index in [0.29, 0.717) is 40.6 Å². The normalized spacial score (nSPS) is 10.6. The molecule has 1 aromatic heterocycles. The van der Waals surface area contributed by atoms with Crippen molar-refractivity contribution in [3.05, 3.63) is 52.2 Å². The van der Waals surface area contributed by atoms with Gasteiger partial charge in [-0.15, -0.1) is 0 Å². The molecule has 1 heterocycles. The van der Waals surface area contributed by atoms with E-state index in [-0.39, 0.29) is 11.3 Å². The van der Waals surface area contributed by atoms with Crippen LogP contribution >= 0.6 is 0 Å². The molecule has 0 unspecified atom stereocenters. The number of phenols is 1. The Labute approximate surface area is 176 Å². The molecular weight excluding hydrogens is 386 g/mol. The van der Waals surface area contributed by atoms with Crippen LogP contribution in [0, 0.1) is 0 Å². The Morgan fingerprint density at radius 3 is 2.33 bits per heavy atom. The zero-order chi connectivity index (χ0) is 22.3. The highest BCUT2D eigenvalue weighted by Crippen LogP contribution is 2.36. The highest BCUT2D eigenvalue weighted by molar-refractivity contribution is 5.98. The molecule has 0 saturated carbocycles. The minimum atomic E-state index is -0.649. The summed E-state index contributed by atoms with van der Waals surface area (Å²) in [7, 11) is 5.84. The number of carbonyl (C=O) groups excluding carboxylic acids is 1. The number of phenolic OH excluding ortho intramolecular Hbond substituents is 1. The first-order valence-electron chi connectivity index (χ1n) is 9.27. The third-order valence-electron chi connectivity index (χ3n) is 4.39. The zero-order valence-electron chi connectivity index (χ0n) is 18.1. The van der Waals surface area contributed by atoms with Gasteiger partial charge in [-0.2, -0.15) is 0 Å². The summed E-state index contributed by atoms with van der Waals surface area (Å²) in [5, 5.41) is 10.9. The first kappa shape index (κ1) is 22.8. The van der Waals surface area contributed by atoms with Crippen molar-refractivity contribution >= 4 is 18.1 Å². The summed E-state index contributed by atoms with van der Waals surface area (Å²) in [4.78, 5) is 16.8. The number of methoxy groups -OCH3 is 4. The molecule has 1 N–H and O–H groups in total. The standard InChI is InChI=1S/C23H27NO6/c1-14(2)7-10-18-19(28-4)11-15(21(22(18)25)23(26)30-6)8-9-16-12-17(27-3)13-20(24-16)29-5/h7-9,11-13,25H,10H2,1-6H3/b9-8+. The topological polar surface area (TPSA) is 87.1 Å². The maximum absolute atomic E-state index is 12.4. The molecule has 2 rings (SSSR count). The van der Waals surface area contributed by atoms with Crippen molar-refractivity contribution in [1.29, 1.82) is 0 Å². The van der Waals surface area contributed by atoms with Gasteiger partial charge in [0, 0.05) is 17.7 Å². The number of esters is 1. The van der Waals surface area contributed by atoms with Crippen LogP contribution in [-0.4, -0.2) is 44.5 Å². The summed E-state index contributed by atoms with van der Waals surface area (Å²) in [6.45, 7) is 3.91. The largest absolute Gasteiger partial charge is 0.507 e. The molecule has 2 aromatic rings. The van der Waals surface area contributed by atoms with Crippen LogP contribution in [0.2, 0.25) is 0 Å². The summed E-state index contributed by atoms with van der Waals surface area (Å²) >= 11 is 0. The molecule has 0 aliphatic heterocycles. The summed E-state index contributed by atoms with van der Waals surface area (Å²) in [6, 6.07) is 5.06. The van der Waals surface area contributed by atoms with Gasteiger partial charge in [0.1, 0.15) is 22.8 Å². The molecule has 0 aliphatic carbocycles. The first-order chi connectivity index (χ1) is 14.3. The number of rotatable bonds is 8. The summed E-state index contributed by atoms with van der Waals surface area (Å²) in [5.74, 6) is 0.610. The number of nitrogens with zero attached hydrogens (tertiary/aromatic N) is 1. The van der Waals surface area contributed by atoms with E-state index in [1.54, 1.807) is 37.5 Å². The lowest BCUT2D eigenvalue weighted by molar-refractivity contribution is 0.0597. The summed E-state index contributed by atoms with van der Waals surface area (Å²) in [5.41, 5.74) is 2.63. The third-order valence-corrected chi connectivity index (χ3v) is 4.39. The maximum Gasteiger partial charge on any atom is 0.342 e. The van der Waals surface area contributed by atoms with Gasteiger partial charge in [-0.3, -0.25) is 0 Å². The fourth-order valence-corrected chi connectivity index (χ4v) is 2.82. The maximum atomic E-state index is 12.4. The van der Waals surface area contributed by atoms with Gasteiger partial charge in [-0.05, 0) is 38.0 Å². The lowest BCUT2D eigenvalue weighted by Gasteiger charge is -2.15. The van der Waals surface area contributed by atoms with Crippen molar-refractivity contribution in [1.82, 2.24) is 4.98 Å². The van der Waals surface area contributed by atoms with Gasteiger partial charge in [0.05, 0.1) is 34.1 Å². The lowest BCUT2D eigenvalue weighted by Crippen LogP contribution is -2.07. The number of pyridine rings is 1. The van der Waals surface area contributed by atoms with E-state index in [4.69, 9.17) is 18.9 Å². The molecule has 0 saturated heterocycles. The van der Waals surface area contributed by atoms with Gasteiger partial charge in [0.25, 0.3) is 0 Å². The van der Waals surface area contributed by atoms with Crippen LogP contribution in [0.15, 0.2) is 29.8 Å². The predicted octanol–water partition coefficient (Wildman–Crippen LogP) is 4.28. The van der Waals surface area contributed by atoms with E-state index in [9.17, 15) is 9.90 Å². The van der Waals surface area contributed by atoms with Gasteiger partial charge in [0.15, 0.2) is 0 Å². The summed E-state index contributed by atoms with van der Waals surface area (Å²) < 4.78 is 20.8. The van der Waals surface area contributed by atoms with Gasteiger partial charge < -0.3 is 24.1 Å². The fourth-order valence-electron chi connectivity index (χ4n) is 2.82. The van der Waals surface area contributed by atoms with Crippen molar-refractivity contribution in [3.63, 3.8) is 0 Å². The zero-order valence-corrected chi connectivity index (χ0v) is 18.1. The van der Waals surface area contributed by atoms with Crippen molar-refractivity contribution in [2.24, 2.45) is 0 Å². The van der Waals surface area contributed by atoms with Crippen LogP contribution in [0.25, 0.3) is 12.2 Å². The Morgan fingerprint density at radius 1 is 1.03 bits per heavy atom. The van der Waals surface area contributed by atoms with Crippen LogP contribution in [0.1, 0.15) is 41.0 Å². The van der Waals surface area contributed by atoms with Crippen molar-refractivity contribution in [2.75, 3.05) is 28.4 Å². The molecule has 0 aliphatic rings. The van der Waals surface area contributed by atoms with E-state index in [2.05, 4.69) is 4.98 Å². The molecule has 7 heteroatoms. The number of hydrogen-bond acceptors (Lipinski definition) is 7. The molecule has 1 aromatic carbocycles. The van der Waals surface area contributed by atoms with Crippen molar-refractivity contribution < 1.29 is 28.8 Å². The Balaban J connectivity index is 2.61. The average Bonchev–Trinajstić information content (AvgIpc) is 2.75. The fraction of sp³-hybridized carbons (Fsp3) is 0.304. The molecule has 0 spiro atoms. The second kappa shape index (κ2) is 10.3. The minimum Gasteiger partial charge on any atom is -0.507 e.